The molecule has 2 unspecified atom stereocenters. The highest BCUT2D eigenvalue weighted by Gasteiger charge is 2.34. The van der Waals surface area contributed by atoms with Crippen LogP contribution in [0.4, 0.5) is 0 Å². The molecule has 1 aliphatic carbocycles. The lowest BCUT2D eigenvalue weighted by Gasteiger charge is -2.29. The minimum atomic E-state index is 0.502. The molecule has 108 valence electrons. The van der Waals surface area contributed by atoms with Gasteiger partial charge in [-0.05, 0) is 19.3 Å². The summed E-state index contributed by atoms with van der Waals surface area (Å²) in [6, 6.07) is 0. The molecule has 3 heterocycles. The summed E-state index contributed by atoms with van der Waals surface area (Å²) >= 11 is 4.18. The van der Waals surface area contributed by atoms with Gasteiger partial charge >= 0.3 is 0 Å². The minimum absolute atomic E-state index is 0.502. The first-order valence-corrected chi connectivity index (χ1v) is 9.80. The molecule has 3 aliphatic rings. The Balaban J connectivity index is 1.72. The highest BCUT2D eigenvalue weighted by molar-refractivity contribution is 8.06. The maximum absolute atomic E-state index is 5.04. The molecular formula is C15H21N3S2. The van der Waals surface area contributed by atoms with Crippen LogP contribution in [0.5, 0.6) is 0 Å². The Morgan fingerprint density at radius 2 is 2.00 bits per heavy atom. The second-order valence-electron chi connectivity index (χ2n) is 5.88. The minimum Gasteiger partial charge on any atom is -0.307 e. The molecule has 2 aliphatic heterocycles. The molecule has 0 bridgehead atoms. The molecule has 0 spiro atoms. The van der Waals surface area contributed by atoms with E-state index in [-0.39, 0.29) is 0 Å². The SMILES string of the molecule is CCC1SCCSC1c1nc2c(c(C3CC3)n1)CNC2. The van der Waals surface area contributed by atoms with E-state index in [0.29, 0.717) is 10.5 Å². The summed E-state index contributed by atoms with van der Waals surface area (Å²) in [7, 11) is 0. The monoisotopic (exact) mass is 307 g/mol. The van der Waals surface area contributed by atoms with Crippen molar-refractivity contribution in [2.24, 2.45) is 0 Å². The Labute approximate surface area is 129 Å². The predicted octanol–water partition coefficient (Wildman–Crippen LogP) is 3.26. The Kier molecular flexibility index (Phi) is 3.69. The summed E-state index contributed by atoms with van der Waals surface area (Å²) in [5.74, 6) is 4.37. The molecule has 0 radical (unpaired) electrons. The van der Waals surface area contributed by atoms with Gasteiger partial charge in [0.1, 0.15) is 5.82 Å². The van der Waals surface area contributed by atoms with Gasteiger partial charge in [-0.2, -0.15) is 11.8 Å². The smallest absolute Gasteiger partial charge is 0.143 e. The van der Waals surface area contributed by atoms with Crippen molar-refractivity contribution in [3.63, 3.8) is 0 Å². The lowest BCUT2D eigenvalue weighted by molar-refractivity contribution is 0.728. The summed E-state index contributed by atoms with van der Waals surface area (Å²) < 4.78 is 0. The summed E-state index contributed by atoms with van der Waals surface area (Å²) in [5.41, 5.74) is 4.07. The number of hydrogen-bond donors (Lipinski definition) is 1. The third kappa shape index (κ3) is 2.38. The van der Waals surface area contributed by atoms with E-state index < -0.39 is 0 Å². The van der Waals surface area contributed by atoms with Gasteiger partial charge in [0.2, 0.25) is 0 Å². The lowest BCUT2D eigenvalue weighted by Crippen LogP contribution is -2.21. The van der Waals surface area contributed by atoms with E-state index in [1.165, 1.54) is 47.7 Å². The zero-order valence-electron chi connectivity index (χ0n) is 11.9. The van der Waals surface area contributed by atoms with Crippen LogP contribution in [0.25, 0.3) is 0 Å². The first-order valence-electron chi connectivity index (χ1n) is 7.70. The Hall–Kier alpha value is -0.260. The predicted molar refractivity (Wildman–Crippen MR) is 86.3 cm³/mol. The zero-order chi connectivity index (χ0) is 13.5. The molecule has 4 rings (SSSR count). The van der Waals surface area contributed by atoms with Crippen molar-refractivity contribution in [3.05, 3.63) is 22.8 Å². The molecule has 20 heavy (non-hydrogen) atoms. The second-order valence-corrected chi connectivity index (χ2v) is 8.48. The Morgan fingerprint density at radius 3 is 2.80 bits per heavy atom. The standard InChI is InChI=1S/C15H21N3S2/c1-2-12-14(20-6-5-19-12)15-17-11-8-16-7-10(11)13(18-15)9-3-4-9/h9,12,14,16H,2-8H2,1H3. The summed E-state index contributed by atoms with van der Waals surface area (Å²) in [4.78, 5) is 9.98. The van der Waals surface area contributed by atoms with Crippen LogP contribution in [-0.4, -0.2) is 26.7 Å². The number of nitrogens with one attached hydrogen (secondary N) is 1. The molecule has 1 saturated carbocycles. The van der Waals surface area contributed by atoms with Crippen molar-refractivity contribution in [2.45, 2.75) is 55.7 Å². The summed E-state index contributed by atoms with van der Waals surface area (Å²) in [5, 5.41) is 4.64. The molecule has 0 amide bonds. The van der Waals surface area contributed by atoms with Crippen molar-refractivity contribution in [2.75, 3.05) is 11.5 Å². The number of thioether (sulfide) groups is 2. The van der Waals surface area contributed by atoms with Gasteiger partial charge in [-0.15, -0.1) is 11.8 Å². The van der Waals surface area contributed by atoms with E-state index >= 15 is 0 Å². The van der Waals surface area contributed by atoms with Gasteiger partial charge < -0.3 is 5.32 Å². The quantitative estimate of drug-likeness (QED) is 0.928. The van der Waals surface area contributed by atoms with Gasteiger partial charge in [0.15, 0.2) is 0 Å². The highest BCUT2D eigenvalue weighted by Crippen LogP contribution is 2.46. The van der Waals surface area contributed by atoms with Crippen LogP contribution in [0, 0.1) is 0 Å². The zero-order valence-corrected chi connectivity index (χ0v) is 13.5. The van der Waals surface area contributed by atoms with Gasteiger partial charge in [-0.3, -0.25) is 0 Å². The average molecular weight is 307 g/mol. The third-order valence-corrected chi connectivity index (χ3v) is 7.65. The summed E-state index contributed by atoms with van der Waals surface area (Å²) in [6.45, 7) is 4.21. The second kappa shape index (κ2) is 5.50. The van der Waals surface area contributed by atoms with Crippen LogP contribution in [0.3, 0.4) is 0 Å². The van der Waals surface area contributed by atoms with Crippen LogP contribution in [0.2, 0.25) is 0 Å². The molecule has 1 aromatic rings. The fraction of sp³-hybridized carbons (Fsp3) is 0.733. The van der Waals surface area contributed by atoms with Gasteiger partial charge in [0.05, 0.1) is 16.6 Å². The number of hydrogen-bond acceptors (Lipinski definition) is 5. The Bertz CT molecular complexity index is 516. The Morgan fingerprint density at radius 1 is 1.15 bits per heavy atom. The summed E-state index contributed by atoms with van der Waals surface area (Å²) in [6.07, 6.45) is 3.87. The van der Waals surface area contributed by atoms with Crippen molar-refractivity contribution < 1.29 is 0 Å². The molecule has 2 atom stereocenters. The van der Waals surface area contributed by atoms with Crippen LogP contribution in [0.15, 0.2) is 0 Å². The van der Waals surface area contributed by atoms with Gasteiger partial charge in [-0.1, -0.05) is 6.92 Å². The fourth-order valence-electron chi connectivity index (χ4n) is 3.18. The number of aromatic nitrogens is 2. The third-order valence-electron chi connectivity index (χ3n) is 4.41. The lowest BCUT2D eigenvalue weighted by atomic mass is 10.1. The molecule has 1 N–H and O–H groups in total. The van der Waals surface area contributed by atoms with E-state index in [2.05, 4.69) is 35.8 Å². The van der Waals surface area contributed by atoms with Crippen molar-refractivity contribution in [3.8, 4) is 0 Å². The average Bonchev–Trinajstić information content (AvgIpc) is 3.23. The molecule has 1 saturated heterocycles. The number of rotatable bonds is 3. The first kappa shape index (κ1) is 13.4. The maximum Gasteiger partial charge on any atom is 0.143 e. The van der Waals surface area contributed by atoms with E-state index in [1.54, 1.807) is 0 Å². The van der Waals surface area contributed by atoms with Gasteiger partial charge in [0, 0.05) is 41.3 Å². The van der Waals surface area contributed by atoms with Crippen LogP contribution >= 0.6 is 23.5 Å². The largest absolute Gasteiger partial charge is 0.307 e. The number of nitrogens with zero attached hydrogens (tertiary/aromatic N) is 2. The van der Waals surface area contributed by atoms with E-state index in [1.807, 2.05) is 0 Å². The van der Waals surface area contributed by atoms with E-state index in [0.717, 1.165) is 24.8 Å². The first-order chi connectivity index (χ1) is 9.86. The van der Waals surface area contributed by atoms with Crippen LogP contribution in [-0.2, 0) is 13.1 Å². The fourth-order valence-corrected chi connectivity index (χ4v) is 6.17. The molecule has 2 fully saturated rings. The highest BCUT2D eigenvalue weighted by atomic mass is 32.2. The normalized spacial score (nSPS) is 29.4. The molecule has 5 heteroatoms. The van der Waals surface area contributed by atoms with Gasteiger partial charge in [0.25, 0.3) is 0 Å². The van der Waals surface area contributed by atoms with Crippen molar-refractivity contribution in [1.82, 2.24) is 15.3 Å². The van der Waals surface area contributed by atoms with Gasteiger partial charge in [-0.25, -0.2) is 9.97 Å². The van der Waals surface area contributed by atoms with E-state index in [9.17, 15) is 0 Å². The maximum atomic E-state index is 5.04. The van der Waals surface area contributed by atoms with Crippen LogP contribution in [0.1, 0.15) is 60.1 Å². The molecule has 3 nitrogen and oxygen atoms in total. The molecule has 1 aromatic heterocycles. The van der Waals surface area contributed by atoms with Crippen LogP contribution < -0.4 is 5.32 Å². The molecule has 0 aromatic carbocycles. The van der Waals surface area contributed by atoms with Crippen molar-refractivity contribution in [1.29, 1.82) is 0 Å². The number of fused-ring (bicyclic) bond motifs is 1. The molecular weight excluding hydrogens is 286 g/mol. The topological polar surface area (TPSA) is 37.8 Å². The van der Waals surface area contributed by atoms with Crippen molar-refractivity contribution >= 4 is 23.5 Å². The van der Waals surface area contributed by atoms with E-state index in [4.69, 9.17) is 9.97 Å².